The second-order valence-electron chi connectivity index (χ2n) is 6.39. The lowest BCUT2D eigenvalue weighted by atomic mass is 9.97. The number of carbonyl (C=O) groups excluding carboxylic acids is 1. The Morgan fingerprint density at radius 3 is 2.12 bits per heavy atom. The highest BCUT2D eigenvalue weighted by Crippen LogP contribution is 2.24. The third-order valence-corrected chi connectivity index (χ3v) is 4.05. The molecule has 0 saturated heterocycles. The minimum Gasteiger partial charge on any atom is -0.508 e. The minimum atomic E-state index is -0.496. The summed E-state index contributed by atoms with van der Waals surface area (Å²) in [5.41, 5.74) is 2.91. The predicted octanol–water partition coefficient (Wildman–Crippen LogP) is 3.29. The maximum absolute atomic E-state index is 13.0. The van der Waals surface area contributed by atoms with Crippen LogP contribution in [0.15, 0.2) is 48.5 Å². The number of aromatic hydroxyl groups is 1. The summed E-state index contributed by atoms with van der Waals surface area (Å²) in [5.74, 6) is -0.448. The van der Waals surface area contributed by atoms with Gasteiger partial charge in [-0.2, -0.15) is 0 Å². The van der Waals surface area contributed by atoms with Crippen LogP contribution in [0.3, 0.4) is 0 Å². The van der Waals surface area contributed by atoms with Crippen molar-refractivity contribution >= 4 is 11.6 Å². The minimum absolute atomic E-state index is 0.0471. The molecule has 2 aromatic rings. The number of anilines is 1. The van der Waals surface area contributed by atoms with Gasteiger partial charge in [-0.05, 0) is 57.0 Å². The van der Waals surface area contributed by atoms with E-state index in [2.05, 4.69) is 0 Å². The predicted molar refractivity (Wildman–Crippen MR) is 96.2 cm³/mol. The molecule has 0 bridgehead atoms. The second-order valence-corrected chi connectivity index (χ2v) is 6.39. The molecule has 1 amide bonds. The highest BCUT2D eigenvalue weighted by Gasteiger charge is 2.27. The van der Waals surface area contributed by atoms with Crippen LogP contribution in [-0.4, -0.2) is 28.8 Å². The summed E-state index contributed by atoms with van der Waals surface area (Å²) < 4.78 is 0. The van der Waals surface area contributed by atoms with Gasteiger partial charge in [-0.3, -0.25) is 4.79 Å². The number of aliphatic hydroxyl groups is 1. The molecule has 0 fully saturated rings. The van der Waals surface area contributed by atoms with Gasteiger partial charge in [0.2, 0.25) is 5.91 Å². The zero-order valence-corrected chi connectivity index (χ0v) is 14.4. The number of carbonyl (C=O) groups is 1. The molecule has 0 aliphatic carbocycles. The van der Waals surface area contributed by atoms with Crippen molar-refractivity contribution in [1.82, 2.24) is 0 Å². The zero-order valence-electron chi connectivity index (χ0n) is 14.4. The number of aryl methyl sites for hydroxylation is 1. The first kappa shape index (κ1) is 18.0. The lowest BCUT2D eigenvalue weighted by Crippen LogP contribution is -2.43. The van der Waals surface area contributed by atoms with Crippen molar-refractivity contribution < 1.29 is 15.0 Å². The molecule has 2 aromatic carbocycles. The summed E-state index contributed by atoms with van der Waals surface area (Å²) in [6, 6.07) is 14.5. The molecule has 0 spiro atoms. The van der Waals surface area contributed by atoms with Crippen molar-refractivity contribution in [3.8, 4) is 5.75 Å². The van der Waals surface area contributed by atoms with Gasteiger partial charge in [0.25, 0.3) is 0 Å². The third-order valence-electron chi connectivity index (χ3n) is 4.05. The highest BCUT2D eigenvalue weighted by atomic mass is 16.3. The molecule has 1 atom stereocenters. The van der Waals surface area contributed by atoms with Gasteiger partial charge in [-0.25, -0.2) is 0 Å². The van der Waals surface area contributed by atoms with Crippen LogP contribution in [0.1, 0.15) is 25.0 Å². The molecule has 0 aromatic heterocycles. The highest BCUT2D eigenvalue weighted by molar-refractivity contribution is 5.95. The molecule has 0 heterocycles. The van der Waals surface area contributed by atoms with E-state index in [0.29, 0.717) is 6.42 Å². The van der Waals surface area contributed by atoms with E-state index in [-0.39, 0.29) is 24.3 Å². The molecule has 0 radical (unpaired) electrons. The van der Waals surface area contributed by atoms with E-state index in [0.717, 1.165) is 11.3 Å². The normalized spacial score (nSPS) is 12.2. The Labute approximate surface area is 143 Å². The molecule has 2 N–H and O–H groups in total. The van der Waals surface area contributed by atoms with E-state index in [1.54, 1.807) is 29.2 Å². The van der Waals surface area contributed by atoms with Crippen LogP contribution in [0.5, 0.6) is 5.75 Å². The Hall–Kier alpha value is -2.33. The monoisotopic (exact) mass is 327 g/mol. The maximum Gasteiger partial charge on any atom is 0.232 e. The van der Waals surface area contributed by atoms with Crippen LogP contribution in [0.2, 0.25) is 0 Å². The van der Waals surface area contributed by atoms with Gasteiger partial charge < -0.3 is 15.1 Å². The van der Waals surface area contributed by atoms with Gasteiger partial charge in [-0.15, -0.1) is 0 Å². The van der Waals surface area contributed by atoms with Crippen LogP contribution in [0, 0.1) is 12.8 Å². The lowest BCUT2D eigenvalue weighted by molar-refractivity contribution is -0.123. The Kier molecular flexibility index (Phi) is 5.99. The second kappa shape index (κ2) is 7.97. The Morgan fingerprint density at radius 2 is 1.62 bits per heavy atom. The van der Waals surface area contributed by atoms with Crippen LogP contribution < -0.4 is 4.90 Å². The smallest absolute Gasteiger partial charge is 0.232 e. The van der Waals surface area contributed by atoms with Crippen LogP contribution in [0.25, 0.3) is 0 Å². The quantitative estimate of drug-likeness (QED) is 0.856. The molecule has 0 saturated carbocycles. The maximum atomic E-state index is 13.0. The average molecular weight is 327 g/mol. The standard InChI is InChI=1S/C20H25NO3/c1-14(2)21(18-8-10-19(23)11-9-18)20(24)17(13-22)12-16-6-4-15(3)5-7-16/h4-11,14,17,22-23H,12-13H2,1-3H3. The van der Waals surface area contributed by atoms with E-state index in [4.69, 9.17) is 0 Å². The number of hydrogen-bond acceptors (Lipinski definition) is 3. The van der Waals surface area contributed by atoms with Gasteiger partial charge >= 0.3 is 0 Å². The topological polar surface area (TPSA) is 60.8 Å². The number of aliphatic hydroxyl groups excluding tert-OH is 1. The molecule has 0 aliphatic rings. The van der Waals surface area contributed by atoms with Crippen LogP contribution >= 0.6 is 0 Å². The largest absolute Gasteiger partial charge is 0.508 e. The van der Waals surface area contributed by atoms with Crippen LogP contribution in [0.4, 0.5) is 5.69 Å². The summed E-state index contributed by atoms with van der Waals surface area (Å²) in [6.45, 7) is 5.69. The van der Waals surface area contributed by atoms with Crippen molar-refractivity contribution in [2.24, 2.45) is 5.92 Å². The average Bonchev–Trinajstić information content (AvgIpc) is 2.56. The Balaban J connectivity index is 2.22. The summed E-state index contributed by atoms with van der Waals surface area (Å²) >= 11 is 0. The van der Waals surface area contributed by atoms with Crippen molar-refractivity contribution in [3.05, 3.63) is 59.7 Å². The molecule has 24 heavy (non-hydrogen) atoms. The van der Waals surface area contributed by atoms with E-state index in [1.807, 2.05) is 45.0 Å². The van der Waals surface area contributed by atoms with E-state index in [1.165, 1.54) is 5.56 Å². The fourth-order valence-electron chi connectivity index (χ4n) is 2.73. The molecule has 1 unspecified atom stereocenters. The van der Waals surface area contributed by atoms with Crippen molar-refractivity contribution in [3.63, 3.8) is 0 Å². The number of amides is 1. The van der Waals surface area contributed by atoms with Crippen molar-refractivity contribution in [2.45, 2.75) is 33.2 Å². The van der Waals surface area contributed by atoms with Crippen molar-refractivity contribution in [2.75, 3.05) is 11.5 Å². The molecular weight excluding hydrogens is 302 g/mol. The number of rotatable bonds is 6. The number of benzene rings is 2. The van der Waals surface area contributed by atoms with Crippen LogP contribution in [-0.2, 0) is 11.2 Å². The fraction of sp³-hybridized carbons (Fsp3) is 0.350. The van der Waals surface area contributed by atoms with E-state index in [9.17, 15) is 15.0 Å². The zero-order chi connectivity index (χ0) is 17.7. The fourth-order valence-corrected chi connectivity index (χ4v) is 2.73. The molecule has 2 rings (SSSR count). The number of nitrogens with zero attached hydrogens (tertiary/aromatic N) is 1. The lowest BCUT2D eigenvalue weighted by Gasteiger charge is -2.30. The Morgan fingerprint density at radius 1 is 1.04 bits per heavy atom. The van der Waals surface area contributed by atoms with Gasteiger partial charge in [0.05, 0.1) is 12.5 Å². The molecule has 0 aliphatic heterocycles. The summed E-state index contributed by atoms with van der Waals surface area (Å²) in [6.07, 6.45) is 0.497. The first-order chi connectivity index (χ1) is 11.4. The number of phenolic OH excluding ortho intramolecular Hbond substituents is 1. The summed E-state index contributed by atoms with van der Waals surface area (Å²) in [7, 11) is 0. The number of phenols is 1. The first-order valence-electron chi connectivity index (χ1n) is 8.21. The third kappa shape index (κ3) is 4.36. The van der Waals surface area contributed by atoms with Gasteiger partial charge in [0, 0.05) is 11.7 Å². The molecular formula is C20H25NO3. The first-order valence-corrected chi connectivity index (χ1v) is 8.21. The van der Waals surface area contributed by atoms with E-state index < -0.39 is 5.92 Å². The number of hydrogen-bond donors (Lipinski definition) is 2. The van der Waals surface area contributed by atoms with Gasteiger partial charge in [-0.1, -0.05) is 29.8 Å². The summed E-state index contributed by atoms with van der Waals surface area (Å²) in [4.78, 5) is 14.7. The van der Waals surface area contributed by atoms with Gasteiger partial charge in [0.15, 0.2) is 0 Å². The summed E-state index contributed by atoms with van der Waals surface area (Å²) in [5, 5.41) is 19.2. The SMILES string of the molecule is Cc1ccc(CC(CO)C(=O)N(c2ccc(O)cc2)C(C)C)cc1. The van der Waals surface area contributed by atoms with Crippen molar-refractivity contribution in [1.29, 1.82) is 0 Å². The molecule has 128 valence electrons. The Bertz CT molecular complexity index is 662. The van der Waals surface area contributed by atoms with Gasteiger partial charge in [0.1, 0.15) is 5.75 Å². The van der Waals surface area contributed by atoms with E-state index >= 15 is 0 Å². The molecule has 4 heteroatoms. The molecule has 4 nitrogen and oxygen atoms in total.